The normalized spacial score (nSPS) is 10.0. The van der Waals surface area contributed by atoms with E-state index in [0.29, 0.717) is 0 Å². The fourth-order valence-electron chi connectivity index (χ4n) is 1.30. The SMILES string of the molecule is O=C(O)CNC(=O)c1cnn(-c2ccccc2)n1. The average Bonchev–Trinajstić information content (AvgIpc) is 2.86. The highest BCUT2D eigenvalue weighted by Crippen LogP contribution is 2.03. The highest BCUT2D eigenvalue weighted by molar-refractivity contribution is 5.93. The molecule has 1 aromatic carbocycles. The second-order valence-electron chi connectivity index (χ2n) is 3.43. The van der Waals surface area contributed by atoms with Crippen molar-refractivity contribution in [2.75, 3.05) is 6.54 Å². The summed E-state index contributed by atoms with van der Waals surface area (Å²) in [6.07, 6.45) is 1.28. The minimum Gasteiger partial charge on any atom is -0.480 e. The molecule has 0 saturated carbocycles. The van der Waals surface area contributed by atoms with Gasteiger partial charge >= 0.3 is 5.97 Å². The Balaban J connectivity index is 2.11. The van der Waals surface area contributed by atoms with Crippen LogP contribution in [-0.2, 0) is 4.79 Å². The smallest absolute Gasteiger partial charge is 0.322 e. The van der Waals surface area contributed by atoms with E-state index in [-0.39, 0.29) is 5.69 Å². The molecule has 0 fully saturated rings. The van der Waals surface area contributed by atoms with Crippen LogP contribution in [0.25, 0.3) is 5.69 Å². The van der Waals surface area contributed by atoms with Gasteiger partial charge in [0.25, 0.3) is 5.91 Å². The van der Waals surface area contributed by atoms with Gasteiger partial charge in [0.2, 0.25) is 0 Å². The number of nitrogens with one attached hydrogen (secondary N) is 1. The Kier molecular flexibility index (Phi) is 3.33. The van der Waals surface area contributed by atoms with Crippen molar-refractivity contribution in [1.82, 2.24) is 20.3 Å². The third-order valence-corrected chi connectivity index (χ3v) is 2.11. The number of aliphatic carboxylic acids is 1. The van der Waals surface area contributed by atoms with Crippen molar-refractivity contribution >= 4 is 11.9 Å². The van der Waals surface area contributed by atoms with Gasteiger partial charge in [-0.3, -0.25) is 9.59 Å². The third kappa shape index (κ3) is 2.70. The molecule has 0 unspecified atom stereocenters. The summed E-state index contributed by atoms with van der Waals surface area (Å²) in [5, 5.41) is 18.5. The number of aromatic nitrogens is 3. The first-order valence-corrected chi connectivity index (χ1v) is 5.14. The van der Waals surface area contributed by atoms with Gasteiger partial charge in [-0.15, -0.1) is 5.10 Å². The minimum absolute atomic E-state index is 0.0695. The molecule has 1 heterocycles. The molecular weight excluding hydrogens is 236 g/mol. The van der Waals surface area contributed by atoms with E-state index in [1.54, 1.807) is 12.1 Å². The number of para-hydroxylation sites is 1. The Morgan fingerprint density at radius 2 is 2.00 bits per heavy atom. The molecule has 0 aliphatic rings. The molecular formula is C11H10N4O3. The van der Waals surface area contributed by atoms with E-state index in [1.807, 2.05) is 18.2 Å². The molecule has 1 aromatic heterocycles. The molecule has 1 amide bonds. The number of carboxylic acid groups (broad SMARTS) is 1. The number of carbonyl (C=O) groups excluding carboxylic acids is 1. The van der Waals surface area contributed by atoms with Crippen molar-refractivity contribution < 1.29 is 14.7 Å². The maximum Gasteiger partial charge on any atom is 0.322 e. The van der Waals surface area contributed by atoms with Crippen LogP contribution in [-0.4, -0.2) is 38.5 Å². The van der Waals surface area contributed by atoms with E-state index in [1.165, 1.54) is 11.0 Å². The Hall–Kier alpha value is -2.70. The van der Waals surface area contributed by atoms with Crippen LogP contribution < -0.4 is 5.32 Å². The zero-order valence-electron chi connectivity index (χ0n) is 9.28. The third-order valence-electron chi connectivity index (χ3n) is 2.11. The lowest BCUT2D eigenvalue weighted by Gasteiger charge is -1.98. The monoisotopic (exact) mass is 246 g/mol. The molecule has 2 rings (SSSR count). The van der Waals surface area contributed by atoms with E-state index in [2.05, 4.69) is 15.5 Å². The van der Waals surface area contributed by atoms with Gasteiger partial charge in [-0.2, -0.15) is 9.90 Å². The Bertz CT molecular complexity index is 565. The number of hydrogen-bond acceptors (Lipinski definition) is 4. The van der Waals surface area contributed by atoms with Gasteiger partial charge < -0.3 is 10.4 Å². The fourth-order valence-corrected chi connectivity index (χ4v) is 1.30. The van der Waals surface area contributed by atoms with Crippen LogP contribution in [0.5, 0.6) is 0 Å². The predicted octanol–water partition coefficient (Wildman–Crippen LogP) is 0.0817. The van der Waals surface area contributed by atoms with E-state index >= 15 is 0 Å². The average molecular weight is 246 g/mol. The molecule has 0 atom stereocenters. The van der Waals surface area contributed by atoms with Crippen LogP contribution in [0.1, 0.15) is 10.5 Å². The predicted molar refractivity (Wildman–Crippen MR) is 61.3 cm³/mol. The number of carbonyl (C=O) groups is 2. The first-order valence-electron chi connectivity index (χ1n) is 5.14. The van der Waals surface area contributed by atoms with Gasteiger partial charge in [0, 0.05) is 0 Å². The summed E-state index contributed by atoms with van der Waals surface area (Å²) in [4.78, 5) is 23.1. The lowest BCUT2D eigenvalue weighted by molar-refractivity contribution is -0.135. The van der Waals surface area contributed by atoms with Crippen molar-refractivity contribution in [2.24, 2.45) is 0 Å². The van der Waals surface area contributed by atoms with Gasteiger partial charge in [-0.05, 0) is 12.1 Å². The summed E-state index contributed by atoms with van der Waals surface area (Å²) >= 11 is 0. The van der Waals surface area contributed by atoms with Crippen LogP contribution in [0.3, 0.4) is 0 Å². The van der Waals surface area contributed by atoms with Crippen molar-refractivity contribution in [3.05, 3.63) is 42.2 Å². The molecule has 2 N–H and O–H groups in total. The molecule has 0 spiro atoms. The molecule has 0 aliphatic carbocycles. The molecule has 7 nitrogen and oxygen atoms in total. The number of rotatable bonds is 4. The van der Waals surface area contributed by atoms with Gasteiger partial charge in [-0.25, -0.2) is 0 Å². The lowest BCUT2D eigenvalue weighted by Crippen LogP contribution is -2.29. The first kappa shape index (κ1) is 11.8. The molecule has 92 valence electrons. The zero-order valence-corrected chi connectivity index (χ0v) is 9.28. The molecule has 0 aliphatic heterocycles. The second-order valence-corrected chi connectivity index (χ2v) is 3.43. The van der Waals surface area contributed by atoms with Crippen molar-refractivity contribution in [3.63, 3.8) is 0 Å². The van der Waals surface area contributed by atoms with Gasteiger partial charge in [0.1, 0.15) is 6.54 Å². The molecule has 0 saturated heterocycles. The standard InChI is InChI=1S/C11H10N4O3/c16-10(17)7-12-11(18)9-6-13-15(14-9)8-4-2-1-3-5-8/h1-6H,7H2,(H,12,18)(H,16,17). The molecule has 0 bridgehead atoms. The Morgan fingerprint density at radius 1 is 1.28 bits per heavy atom. The largest absolute Gasteiger partial charge is 0.480 e. The molecule has 18 heavy (non-hydrogen) atoms. The zero-order chi connectivity index (χ0) is 13.0. The van der Waals surface area contributed by atoms with E-state index in [0.717, 1.165) is 5.69 Å². The number of nitrogens with zero attached hydrogens (tertiary/aromatic N) is 3. The first-order chi connectivity index (χ1) is 8.66. The molecule has 2 aromatic rings. The Labute approximate surface area is 102 Å². The topological polar surface area (TPSA) is 97.1 Å². The number of hydrogen-bond donors (Lipinski definition) is 2. The minimum atomic E-state index is -1.11. The summed E-state index contributed by atoms with van der Waals surface area (Å²) in [7, 11) is 0. The summed E-state index contributed by atoms with van der Waals surface area (Å²) in [6.45, 7) is -0.447. The maximum atomic E-state index is 11.5. The number of amides is 1. The van der Waals surface area contributed by atoms with E-state index in [9.17, 15) is 9.59 Å². The van der Waals surface area contributed by atoms with E-state index in [4.69, 9.17) is 5.11 Å². The van der Waals surface area contributed by atoms with Crippen molar-refractivity contribution in [1.29, 1.82) is 0 Å². The van der Waals surface area contributed by atoms with Crippen LogP contribution in [0.15, 0.2) is 36.5 Å². The van der Waals surface area contributed by atoms with Crippen molar-refractivity contribution in [2.45, 2.75) is 0 Å². The quantitative estimate of drug-likeness (QED) is 0.796. The van der Waals surface area contributed by atoms with Crippen LogP contribution in [0, 0.1) is 0 Å². The number of benzene rings is 1. The van der Waals surface area contributed by atoms with Gasteiger partial charge in [0.15, 0.2) is 5.69 Å². The van der Waals surface area contributed by atoms with Crippen LogP contribution in [0.4, 0.5) is 0 Å². The highest BCUT2D eigenvalue weighted by Gasteiger charge is 2.11. The van der Waals surface area contributed by atoms with Crippen LogP contribution >= 0.6 is 0 Å². The maximum absolute atomic E-state index is 11.5. The van der Waals surface area contributed by atoms with E-state index < -0.39 is 18.4 Å². The van der Waals surface area contributed by atoms with Gasteiger partial charge in [-0.1, -0.05) is 18.2 Å². The van der Waals surface area contributed by atoms with Crippen LogP contribution in [0.2, 0.25) is 0 Å². The summed E-state index contributed by atoms with van der Waals surface area (Å²) in [5.74, 6) is -1.68. The Morgan fingerprint density at radius 3 is 2.67 bits per heavy atom. The fraction of sp³-hybridized carbons (Fsp3) is 0.0909. The van der Waals surface area contributed by atoms with Gasteiger partial charge in [0.05, 0.1) is 11.9 Å². The second kappa shape index (κ2) is 5.09. The summed E-state index contributed by atoms with van der Waals surface area (Å²) < 4.78 is 0. The molecule has 7 heteroatoms. The molecule has 0 radical (unpaired) electrons. The number of carboxylic acids is 1. The lowest BCUT2D eigenvalue weighted by atomic mass is 10.3. The summed E-state index contributed by atoms with van der Waals surface area (Å²) in [6, 6.07) is 9.08. The summed E-state index contributed by atoms with van der Waals surface area (Å²) in [5.41, 5.74) is 0.787. The van der Waals surface area contributed by atoms with Crippen molar-refractivity contribution in [3.8, 4) is 5.69 Å². The highest BCUT2D eigenvalue weighted by atomic mass is 16.4.